The van der Waals surface area contributed by atoms with Crippen molar-refractivity contribution in [2.75, 3.05) is 7.11 Å². The number of hydrogen-bond donors (Lipinski definition) is 1. The minimum Gasteiger partial charge on any atom is -0.496 e. The summed E-state index contributed by atoms with van der Waals surface area (Å²) in [6.07, 6.45) is 3.09. The number of aliphatic hydroxyl groups excluding tert-OH is 1. The molecule has 100 valence electrons. The lowest BCUT2D eigenvalue weighted by atomic mass is 9.89. The van der Waals surface area contributed by atoms with Crippen LogP contribution in [0.5, 0.6) is 5.75 Å². The first-order chi connectivity index (χ1) is 8.52. The molecule has 1 aliphatic carbocycles. The van der Waals surface area contributed by atoms with E-state index in [-0.39, 0.29) is 6.10 Å². The average Bonchev–Trinajstić information content (AvgIpc) is 2.74. The second-order valence-corrected chi connectivity index (χ2v) is 5.82. The molecule has 18 heavy (non-hydrogen) atoms. The van der Waals surface area contributed by atoms with E-state index in [4.69, 9.17) is 4.74 Å². The molecule has 0 amide bonds. The van der Waals surface area contributed by atoms with Crippen molar-refractivity contribution in [3.8, 4) is 5.75 Å². The fourth-order valence-electron chi connectivity index (χ4n) is 3.26. The van der Waals surface area contributed by atoms with Crippen molar-refractivity contribution in [2.24, 2.45) is 11.8 Å². The summed E-state index contributed by atoms with van der Waals surface area (Å²) in [7, 11) is 1.68. The van der Waals surface area contributed by atoms with Gasteiger partial charge in [-0.05, 0) is 55.7 Å². The van der Waals surface area contributed by atoms with Gasteiger partial charge >= 0.3 is 0 Å². The molecule has 3 atom stereocenters. The number of aliphatic hydroxyl groups is 1. The fourth-order valence-corrected chi connectivity index (χ4v) is 3.26. The molecule has 1 aliphatic rings. The molecular weight excluding hydrogens is 224 g/mol. The third-order valence-corrected chi connectivity index (χ3v) is 4.19. The highest BCUT2D eigenvalue weighted by atomic mass is 16.5. The molecule has 2 nitrogen and oxygen atoms in total. The van der Waals surface area contributed by atoms with Crippen LogP contribution < -0.4 is 4.74 Å². The van der Waals surface area contributed by atoms with Gasteiger partial charge in [0.05, 0.1) is 13.2 Å². The summed E-state index contributed by atoms with van der Waals surface area (Å²) in [5.74, 6) is 1.95. The standard InChI is InChI=1S/C16H24O2/c1-10-5-6-13(8-10)16(17)15-12(3)7-11(2)9-14(15)18-4/h7,9-10,13,16-17H,5-6,8H2,1-4H3. The maximum absolute atomic E-state index is 10.6. The summed E-state index contributed by atoms with van der Waals surface area (Å²) in [6, 6.07) is 4.14. The lowest BCUT2D eigenvalue weighted by molar-refractivity contribution is 0.106. The lowest BCUT2D eigenvalue weighted by Gasteiger charge is -2.23. The smallest absolute Gasteiger partial charge is 0.125 e. The number of hydrogen-bond acceptors (Lipinski definition) is 2. The van der Waals surface area contributed by atoms with Crippen LogP contribution in [0.4, 0.5) is 0 Å². The fraction of sp³-hybridized carbons (Fsp3) is 0.625. The zero-order valence-corrected chi connectivity index (χ0v) is 11.9. The lowest BCUT2D eigenvalue weighted by Crippen LogP contribution is -2.12. The van der Waals surface area contributed by atoms with Gasteiger partial charge in [-0.3, -0.25) is 0 Å². The Morgan fingerprint density at radius 3 is 2.56 bits per heavy atom. The largest absolute Gasteiger partial charge is 0.496 e. The molecule has 0 heterocycles. The van der Waals surface area contributed by atoms with E-state index < -0.39 is 0 Å². The molecule has 0 aliphatic heterocycles. The third kappa shape index (κ3) is 2.54. The van der Waals surface area contributed by atoms with Crippen molar-refractivity contribution < 1.29 is 9.84 Å². The Morgan fingerprint density at radius 2 is 2.00 bits per heavy atom. The molecule has 3 unspecified atom stereocenters. The van der Waals surface area contributed by atoms with Gasteiger partial charge in [0.1, 0.15) is 5.75 Å². The van der Waals surface area contributed by atoms with E-state index in [0.29, 0.717) is 5.92 Å². The van der Waals surface area contributed by atoms with Gasteiger partial charge in [0.2, 0.25) is 0 Å². The van der Waals surface area contributed by atoms with E-state index in [0.717, 1.165) is 35.6 Å². The van der Waals surface area contributed by atoms with E-state index >= 15 is 0 Å². The SMILES string of the molecule is COc1cc(C)cc(C)c1C(O)C1CCC(C)C1. The first kappa shape index (κ1) is 13.4. The van der Waals surface area contributed by atoms with Crippen molar-refractivity contribution in [3.63, 3.8) is 0 Å². The van der Waals surface area contributed by atoms with Crippen molar-refractivity contribution in [2.45, 2.75) is 46.1 Å². The van der Waals surface area contributed by atoms with Gasteiger partial charge in [-0.1, -0.05) is 19.4 Å². The number of aryl methyl sites for hydroxylation is 2. The monoisotopic (exact) mass is 248 g/mol. The van der Waals surface area contributed by atoms with Crippen molar-refractivity contribution >= 4 is 0 Å². The van der Waals surface area contributed by atoms with Crippen molar-refractivity contribution in [1.29, 1.82) is 0 Å². The number of benzene rings is 1. The minimum atomic E-state index is -0.384. The quantitative estimate of drug-likeness (QED) is 0.882. The topological polar surface area (TPSA) is 29.5 Å². The Balaban J connectivity index is 2.32. The number of rotatable bonds is 3. The zero-order valence-electron chi connectivity index (χ0n) is 11.9. The van der Waals surface area contributed by atoms with Gasteiger partial charge in [-0.25, -0.2) is 0 Å². The molecule has 2 rings (SSSR count). The maximum Gasteiger partial charge on any atom is 0.125 e. The van der Waals surface area contributed by atoms with Gasteiger partial charge < -0.3 is 9.84 Å². The highest BCUT2D eigenvalue weighted by Gasteiger charge is 2.31. The van der Waals surface area contributed by atoms with Gasteiger partial charge in [0.25, 0.3) is 0 Å². The number of ether oxygens (including phenoxy) is 1. The third-order valence-electron chi connectivity index (χ3n) is 4.19. The van der Waals surface area contributed by atoms with E-state index in [1.807, 2.05) is 6.07 Å². The molecule has 0 aromatic heterocycles. The van der Waals surface area contributed by atoms with E-state index in [1.165, 1.54) is 12.0 Å². The molecule has 1 saturated carbocycles. The summed E-state index contributed by atoms with van der Waals surface area (Å²) in [5.41, 5.74) is 3.31. The molecule has 1 aromatic rings. The predicted molar refractivity (Wildman–Crippen MR) is 73.9 cm³/mol. The number of methoxy groups -OCH3 is 1. The van der Waals surface area contributed by atoms with Crippen LogP contribution in [0.1, 0.15) is 49.0 Å². The van der Waals surface area contributed by atoms with Crippen LogP contribution in [0.3, 0.4) is 0 Å². The average molecular weight is 248 g/mol. The van der Waals surface area contributed by atoms with E-state index in [1.54, 1.807) is 7.11 Å². The second kappa shape index (κ2) is 5.31. The molecular formula is C16H24O2. The van der Waals surface area contributed by atoms with Crippen LogP contribution in [0.15, 0.2) is 12.1 Å². The second-order valence-electron chi connectivity index (χ2n) is 5.82. The minimum absolute atomic E-state index is 0.384. The summed E-state index contributed by atoms with van der Waals surface area (Å²) >= 11 is 0. The zero-order chi connectivity index (χ0) is 13.3. The van der Waals surface area contributed by atoms with E-state index in [9.17, 15) is 5.11 Å². The summed E-state index contributed by atoms with van der Waals surface area (Å²) < 4.78 is 5.45. The van der Waals surface area contributed by atoms with Crippen LogP contribution in [-0.4, -0.2) is 12.2 Å². The molecule has 2 heteroatoms. The van der Waals surface area contributed by atoms with Crippen LogP contribution in [0, 0.1) is 25.7 Å². The summed E-state index contributed by atoms with van der Waals surface area (Å²) in [4.78, 5) is 0. The Labute approximate surface area is 110 Å². The van der Waals surface area contributed by atoms with Gasteiger partial charge in [-0.15, -0.1) is 0 Å². The van der Waals surface area contributed by atoms with E-state index in [2.05, 4.69) is 26.8 Å². The molecule has 1 fully saturated rings. The van der Waals surface area contributed by atoms with Crippen LogP contribution in [0.2, 0.25) is 0 Å². The van der Waals surface area contributed by atoms with Crippen molar-refractivity contribution in [3.05, 3.63) is 28.8 Å². The van der Waals surface area contributed by atoms with Gasteiger partial charge in [0.15, 0.2) is 0 Å². The highest BCUT2D eigenvalue weighted by Crippen LogP contribution is 2.42. The molecule has 0 radical (unpaired) electrons. The summed E-state index contributed by atoms with van der Waals surface area (Å²) in [6.45, 7) is 6.39. The van der Waals surface area contributed by atoms with Crippen molar-refractivity contribution in [1.82, 2.24) is 0 Å². The Hall–Kier alpha value is -1.02. The molecule has 0 spiro atoms. The first-order valence-corrected chi connectivity index (χ1v) is 6.86. The molecule has 1 N–H and O–H groups in total. The highest BCUT2D eigenvalue weighted by molar-refractivity contribution is 5.44. The van der Waals surface area contributed by atoms with Crippen LogP contribution in [0.25, 0.3) is 0 Å². The summed E-state index contributed by atoms with van der Waals surface area (Å²) in [5, 5.41) is 10.6. The Bertz CT molecular complexity index is 425. The van der Waals surface area contributed by atoms with Crippen LogP contribution >= 0.6 is 0 Å². The molecule has 0 saturated heterocycles. The first-order valence-electron chi connectivity index (χ1n) is 6.86. The predicted octanol–water partition coefficient (Wildman–Crippen LogP) is 3.78. The van der Waals surface area contributed by atoms with Gasteiger partial charge in [-0.2, -0.15) is 0 Å². The van der Waals surface area contributed by atoms with Gasteiger partial charge in [0, 0.05) is 5.56 Å². The Kier molecular flexibility index (Phi) is 3.96. The molecule has 1 aromatic carbocycles. The van der Waals surface area contributed by atoms with Crippen LogP contribution in [-0.2, 0) is 0 Å². The Morgan fingerprint density at radius 1 is 1.28 bits per heavy atom. The normalized spacial score (nSPS) is 25.2. The maximum atomic E-state index is 10.6. The molecule has 0 bridgehead atoms.